The number of anilines is 2. The molecule has 0 radical (unpaired) electrons. The van der Waals surface area contributed by atoms with Gasteiger partial charge in [-0.25, -0.2) is 13.4 Å². The van der Waals surface area contributed by atoms with Gasteiger partial charge in [-0.2, -0.15) is 0 Å². The fraction of sp³-hybridized carbons (Fsp3) is 0.217. The number of hydrogen-bond donors (Lipinski definition) is 0. The first kappa shape index (κ1) is 23.6. The molecule has 1 aromatic heterocycles. The second kappa shape index (κ2) is 8.99. The standard InChI is InChI=1S/C23H22N4O5S2/c1-4-11-25(23-24-20(14-33-23)16-5-8-19(9-6-16)27(29)30)22(28)17-7-10-21-18(13-17)12-15(2)26(21)34(3,31)32/h4-10,13-15H,1,11-12H2,2-3H3/t15-/m0/s1. The van der Waals surface area contributed by atoms with Crippen molar-refractivity contribution in [1.82, 2.24) is 4.98 Å². The Morgan fingerprint density at radius 3 is 2.65 bits per heavy atom. The van der Waals surface area contributed by atoms with E-state index in [0.29, 0.717) is 34.1 Å². The summed E-state index contributed by atoms with van der Waals surface area (Å²) in [6.45, 7) is 5.81. The molecule has 176 valence electrons. The monoisotopic (exact) mass is 498 g/mol. The predicted octanol–water partition coefficient (Wildman–Crippen LogP) is 4.26. The van der Waals surface area contributed by atoms with Crippen molar-refractivity contribution in [3.63, 3.8) is 0 Å². The van der Waals surface area contributed by atoms with Gasteiger partial charge in [0.2, 0.25) is 10.0 Å². The van der Waals surface area contributed by atoms with Gasteiger partial charge in [0, 0.05) is 41.2 Å². The molecule has 2 aromatic carbocycles. The lowest BCUT2D eigenvalue weighted by atomic mass is 10.1. The Morgan fingerprint density at radius 1 is 1.32 bits per heavy atom. The molecule has 1 amide bonds. The Hall–Kier alpha value is -3.57. The van der Waals surface area contributed by atoms with Gasteiger partial charge < -0.3 is 0 Å². The molecule has 1 aliphatic heterocycles. The highest BCUT2D eigenvalue weighted by atomic mass is 32.2. The first-order valence-corrected chi connectivity index (χ1v) is 13.1. The lowest BCUT2D eigenvalue weighted by molar-refractivity contribution is -0.384. The number of nitro groups is 1. The number of rotatable bonds is 7. The van der Waals surface area contributed by atoms with Gasteiger partial charge in [0.15, 0.2) is 5.13 Å². The molecule has 34 heavy (non-hydrogen) atoms. The molecular formula is C23H22N4O5S2. The number of hydrogen-bond acceptors (Lipinski definition) is 7. The number of aromatic nitrogens is 1. The third-order valence-electron chi connectivity index (χ3n) is 5.49. The Morgan fingerprint density at radius 2 is 2.03 bits per heavy atom. The molecule has 0 N–H and O–H groups in total. The highest BCUT2D eigenvalue weighted by molar-refractivity contribution is 7.92. The molecule has 9 nitrogen and oxygen atoms in total. The number of carbonyl (C=O) groups is 1. The van der Waals surface area contributed by atoms with Crippen LogP contribution < -0.4 is 9.21 Å². The molecule has 0 unspecified atom stereocenters. The van der Waals surface area contributed by atoms with Crippen LogP contribution in [-0.4, -0.2) is 43.1 Å². The van der Waals surface area contributed by atoms with Crippen LogP contribution in [0.15, 0.2) is 60.5 Å². The molecule has 1 aliphatic rings. The van der Waals surface area contributed by atoms with Gasteiger partial charge in [0.05, 0.1) is 22.6 Å². The van der Waals surface area contributed by atoms with Gasteiger partial charge in [-0.15, -0.1) is 17.9 Å². The Balaban J connectivity index is 1.63. The van der Waals surface area contributed by atoms with E-state index in [1.807, 2.05) is 6.92 Å². The third kappa shape index (κ3) is 4.44. The molecule has 0 spiro atoms. The van der Waals surface area contributed by atoms with Crippen LogP contribution in [0.1, 0.15) is 22.8 Å². The average Bonchev–Trinajstić information content (AvgIpc) is 3.40. The zero-order valence-corrected chi connectivity index (χ0v) is 20.2. The molecule has 0 saturated heterocycles. The number of sulfonamides is 1. The van der Waals surface area contributed by atoms with Crippen molar-refractivity contribution in [1.29, 1.82) is 0 Å². The summed E-state index contributed by atoms with van der Waals surface area (Å²) in [5, 5.41) is 13.1. The summed E-state index contributed by atoms with van der Waals surface area (Å²) in [6.07, 6.45) is 3.30. The molecule has 0 aliphatic carbocycles. The highest BCUT2D eigenvalue weighted by Gasteiger charge is 2.33. The number of carbonyl (C=O) groups excluding carboxylic acids is 1. The quantitative estimate of drug-likeness (QED) is 0.273. The van der Waals surface area contributed by atoms with E-state index in [4.69, 9.17) is 0 Å². The molecule has 0 fully saturated rings. The highest BCUT2D eigenvalue weighted by Crippen LogP contribution is 2.35. The van der Waals surface area contributed by atoms with Crippen LogP contribution in [0.25, 0.3) is 11.3 Å². The van der Waals surface area contributed by atoms with E-state index in [1.165, 1.54) is 38.9 Å². The second-order valence-electron chi connectivity index (χ2n) is 7.98. The third-order valence-corrected chi connectivity index (χ3v) is 7.63. The van der Waals surface area contributed by atoms with E-state index in [1.54, 1.807) is 41.8 Å². The van der Waals surface area contributed by atoms with E-state index in [2.05, 4.69) is 11.6 Å². The van der Waals surface area contributed by atoms with Gasteiger partial charge in [0.25, 0.3) is 11.6 Å². The smallest absolute Gasteiger partial charge is 0.269 e. The Bertz CT molecular complexity index is 1380. The molecular weight excluding hydrogens is 476 g/mol. The van der Waals surface area contributed by atoms with Crippen LogP contribution in [0.4, 0.5) is 16.5 Å². The summed E-state index contributed by atoms with van der Waals surface area (Å²) >= 11 is 1.28. The molecule has 11 heteroatoms. The van der Waals surface area contributed by atoms with Crippen molar-refractivity contribution >= 4 is 43.8 Å². The maximum atomic E-state index is 13.4. The Kier molecular flexibility index (Phi) is 6.24. The summed E-state index contributed by atoms with van der Waals surface area (Å²) in [4.78, 5) is 29.9. The molecule has 2 heterocycles. The van der Waals surface area contributed by atoms with E-state index >= 15 is 0 Å². The summed E-state index contributed by atoms with van der Waals surface area (Å²) in [6, 6.07) is 10.9. The van der Waals surface area contributed by atoms with Gasteiger partial charge in [-0.05, 0) is 49.2 Å². The minimum atomic E-state index is -3.42. The van der Waals surface area contributed by atoms with Gasteiger partial charge in [0.1, 0.15) is 0 Å². The lowest BCUT2D eigenvalue weighted by Gasteiger charge is -2.22. The molecule has 4 rings (SSSR count). The van der Waals surface area contributed by atoms with Crippen molar-refractivity contribution in [3.05, 3.63) is 81.7 Å². The van der Waals surface area contributed by atoms with Crippen molar-refractivity contribution in [3.8, 4) is 11.3 Å². The first-order chi connectivity index (χ1) is 16.1. The predicted molar refractivity (Wildman–Crippen MR) is 133 cm³/mol. The van der Waals surface area contributed by atoms with Crippen LogP contribution >= 0.6 is 11.3 Å². The first-order valence-electron chi connectivity index (χ1n) is 10.4. The average molecular weight is 499 g/mol. The zero-order chi connectivity index (χ0) is 24.6. The summed E-state index contributed by atoms with van der Waals surface area (Å²) < 4.78 is 25.7. The lowest BCUT2D eigenvalue weighted by Crippen LogP contribution is -2.34. The SMILES string of the molecule is C=CCN(C(=O)c1ccc2c(c1)C[C@H](C)N2S(C)(=O)=O)c1nc(-c2ccc([N+](=O)[O-])cc2)cs1. The minimum absolute atomic E-state index is 0.0111. The van der Waals surface area contributed by atoms with Crippen LogP contribution in [0.2, 0.25) is 0 Å². The van der Waals surface area contributed by atoms with Crippen LogP contribution in [-0.2, 0) is 16.4 Å². The maximum Gasteiger partial charge on any atom is 0.269 e. The van der Waals surface area contributed by atoms with Crippen LogP contribution in [0.3, 0.4) is 0 Å². The number of amides is 1. The fourth-order valence-corrected chi connectivity index (χ4v) is 6.15. The van der Waals surface area contributed by atoms with Crippen molar-refractivity contribution < 1.29 is 18.1 Å². The molecule has 0 saturated carbocycles. The number of nitro benzene ring substituents is 1. The van der Waals surface area contributed by atoms with E-state index < -0.39 is 14.9 Å². The van der Waals surface area contributed by atoms with Gasteiger partial charge in [-0.3, -0.25) is 24.1 Å². The molecule has 1 atom stereocenters. The van der Waals surface area contributed by atoms with Crippen molar-refractivity contribution in [2.24, 2.45) is 0 Å². The zero-order valence-electron chi connectivity index (χ0n) is 18.5. The Labute approximate surface area is 201 Å². The van der Waals surface area contributed by atoms with Crippen LogP contribution in [0.5, 0.6) is 0 Å². The van der Waals surface area contributed by atoms with Crippen LogP contribution in [0, 0.1) is 10.1 Å². The summed E-state index contributed by atoms with van der Waals surface area (Å²) in [5.74, 6) is -0.280. The topological polar surface area (TPSA) is 114 Å². The van der Waals surface area contributed by atoms with E-state index in [0.717, 1.165) is 5.56 Å². The molecule has 3 aromatic rings. The minimum Gasteiger partial charge on any atom is -0.280 e. The van der Waals surface area contributed by atoms with Gasteiger partial charge in [-0.1, -0.05) is 6.08 Å². The number of nitrogens with zero attached hydrogens (tertiary/aromatic N) is 4. The van der Waals surface area contributed by atoms with Crippen molar-refractivity contribution in [2.45, 2.75) is 19.4 Å². The number of fused-ring (bicyclic) bond motifs is 1. The number of non-ortho nitro benzene ring substituents is 1. The largest absolute Gasteiger partial charge is 0.280 e. The normalized spacial score (nSPS) is 15.1. The van der Waals surface area contributed by atoms with Gasteiger partial charge >= 0.3 is 0 Å². The second-order valence-corrected chi connectivity index (χ2v) is 10.7. The van der Waals surface area contributed by atoms with E-state index in [-0.39, 0.29) is 24.2 Å². The summed E-state index contributed by atoms with van der Waals surface area (Å²) in [5.41, 5.74) is 3.11. The van der Waals surface area contributed by atoms with Crippen molar-refractivity contribution in [2.75, 3.05) is 22.0 Å². The number of thiazole rings is 1. The summed E-state index contributed by atoms with van der Waals surface area (Å²) in [7, 11) is -3.42. The number of benzene rings is 2. The fourth-order valence-electron chi connectivity index (χ4n) is 4.05. The molecule has 0 bridgehead atoms. The maximum absolute atomic E-state index is 13.4. The van der Waals surface area contributed by atoms with E-state index in [9.17, 15) is 23.3 Å².